The monoisotopic (exact) mass is 504 g/mol. The highest BCUT2D eigenvalue weighted by Gasteiger charge is 2.29. The summed E-state index contributed by atoms with van der Waals surface area (Å²) < 4.78 is 10.7. The number of fused-ring (bicyclic) bond motifs is 1. The lowest BCUT2D eigenvalue weighted by Crippen LogP contribution is -2.19. The van der Waals surface area contributed by atoms with Crippen molar-refractivity contribution in [3.8, 4) is 0 Å². The molecule has 0 aliphatic carbocycles. The first-order valence-corrected chi connectivity index (χ1v) is 12.1. The number of amidine groups is 1. The van der Waals surface area contributed by atoms with Crippen LogP contribution in [0.25, 0.3) is 16.5 Å². The van der Waals surface area contributed by atoms with Crippen molar-refractivity contribution in [3.63, 3.8) is 0 Å². The molecule has 0 bridgehead atoms. The molecule has 4 rings (SSSR count). The van der Waals surface area contributed by atoms with Crippen LogP contribution in [0, 0.1) is 0 Å². The molecular weight excluding hydrogens is 480 g/mol. The van der Waals surface area contributed by atoms with Crippen molar-refractivity contribution in [3.05, 3.63) is 82.3 Å². The number of nitrogens with one attached hydrogen (secondary N) is 1. The molecule has 0 unspecified atom stereocenters. The van der Waals surface area contributed by atoms with Crippen molar-refractivity contribution in [1.29, 1.82) is 0 Å². The lowest BCUT2D eigenvalue weighted by atomic mass is 10.0. The Bertz CT molecular complexity index is 1400. The largest absolute Gasteiger partial charge is 0.495 e. The molecule has 9 heteroatoms. The van der Waals surface area contributed by atoms with Gasteiger partial charge in [0.2, 0.25) is 0 Å². The number of nitrogens with zero attached hydrogens (tertiary/aromatic N) is 1. The minimum atomic E-state index is -0.842. The van der Waals surface area contributed by atoms with Gasteiger partial charge in [0.1, 0.15) is 10.7 Å². The summed E-state index contributed by atoms with van der Waals surface area (Å²) in [4.78, 5) is 40.4. The summed E-state index contributed by atoms with van der Waals surface area (Å²) in [5, 5.41) is 13.8. The van der Waals surface area contributed by atoms with Crippen LogP contribution in [0.2, 0.25) is 0 Å². The Kier molecular flexibility index (Phi) is 7.70. The van der Waals surface area contributed by atoms with Crippen molar-refractivity contribution in [2.75, 3.05) is 13.7 Å². The molecule has 36 heavy (non-hydrogen) atoms. The van der Waals surface area contributed by atoms with Crippen molar-refractivity contribution >= 4 is 57.0 Å². The first-order valence-electron chi connectivity index (χ1n) is 11.3. The van der Waals surface area contributed by atoms with E-state index in [1.54, 1.807) is 31.2 Å². The molecule has 1 heterocycles. The van der Waals surface area contributed by atoms with E-state index in [1.807, 2.05) is 36.4 Å². The highest BCUT2D eigenvalue weighted by atomic mass is 32.2. The second-order valence-corrected chi connectivity index (χ2v) is 8.89. The van der Waals surface area contributed by atoms with Gasteiger partial charge in [0.05, 0.1) is 25.0 Å². The van der Waals surface area contributed by atoms with Crippen LogP contribution in [0.4, 0.5) is 5.69 Å². The Morgan fingerprint density at radius 1 is 1.00 bits per heavy atom. The zero-order valence-corrected chi connectivity index (χ0v) is 20.6. The number of hydrogen-bond acceptors (Lipinski definition) is 7. The minimum absolute atomic E-state index is 0.0645. The molecule has 0 aromatic heterocycles. The van der Waals surface area contributed by atoms with Gasteiger partial charge in [0, 0.05) is 12.0 Å². The summed E-state index contributed by atoms with van der Waals surface area (Å²) in [6.45, 7) is 2.07. The zero-order valence-electron chi connectivity index (χ0n) is 19.7. The number of amides is 1. The highest BCUT2D eigenvalue weighted by molar-refractivity contribution is 8.18. The van der Waals surface area contributed by atoms with E-state index >= 15 is 0 Å². The van der Waals surface area contributed by atoms with Gasteiger partial charge in [0.25, 0.3) is 5.91 Å². The van der Waals surface area contributed by atoms with Gasteiger partial charge in [-0.15, -0.1) is 0 Å². The molecule has 1 fully saturated rings. The molecule has 1 amide bonds. The number of hydrogen-bond donors (Lipinski definition) is 2. The first-order chi connectivity index (χ1) is 17.4. The smallest absolute Gasteiger partial charge is 0.338 e. The summed E-state index contributed by atoms with van der Waals surface area (Å²) in [5.74, 6) is -1.11. The summed E-state index contributed by atoms with van der Waals surface area (Å²) in [6, 6.07) is 18.1. The van der Waals surface area contributed by atoms with Crippen LogP contribution in [0.3, 0.4) is 0 Å². The standard InChI is InChI=1S/C27H24N2O6S/c1-3-35-26(33)20-10-8-17-14-19(9-7-18(17)15-20)23(34-2)24-25(32)29-27(36-24)28-21-11-4-16(5-12-21)6-13-22(30)31/h4-5,7-12,14-15H,3,6,13H2,1-2H3,(H,30,31)(H,28,29,32)/b24-23+. The van der Waals surface area contributed by atoms with Gasteiger partial charge >= 0.3 is 11.9 Å². The zero-order chi connectivity index (χ0) is 25.7. The van der Waals surface area contributed by atoms with Crippen LogP contribution in [0.1, 0.15) is 34.8 Å². The number of esters is 1. The first kappa shape index (κ1) is 25.0. The average molecular weight is 505 g/mol. The van der Waals surface area contributed by atoms with E-state index in [1.165, 1.54) is 18.9 Å². The Labute approximate surface area is 212 Å². The Hall–Kier alpha value is -4.11. The van der Waals surface area contributed by atoms with E-state index in [-0.39, 0.29) is 18.3 Å². The maximum absolute atomic E-state index is 12.7. The highest BCUT2D eigenvalue weighted by Crippen LogP contribution is 2.34. The van der Waals surface area contributed by atoms with Crippen molar-refractivity contribution in [2.45, 2.75) is 19.8 Å². The summed E-state index contributed by atoms with van der Waals surface area (Å²) in [5.41, 5.74) is 2.73. The van der Waals surface area contributed by atoms with Gasteiger partial charge in [-0.3, -0.25) is 9.59 Å². The van der Waals surface area contributed by atoms with E-state index < -0.39 is 5.97 Å². The molecule has 0 atom stereocenters. The maximum atomic E-state index is 12.7. The van der Waals surface area contributed by atoms with Crippen molar-refractivity contribution < 1.29 is 29.0 Å². The molecule has 0 saturated carbocycles. The Morgan fingerprint density at radius 2 is 1.67 bits per heavy atom. The molecule has 1 aliphatic rings. The second-order valence-electron chi connectivity index (χ2n) is 7.89. The molecule has 1 aliphatic heterocycles. The van der Waals surface area contributed by atoms with Gasteiger partial charge < -0.3 is 19.9 Å². The quantitative estimate of drug-likeness (QED) is 0.255. The molecule has 184 valence electrons. The van der Waals surface area contributed by atoms with E-state index in [0.29, 0.717) is 40.1 Å². The molecule has 1 saturated heterocycles. The number of aryl methyl sites for hydroxylation is 1. The third kappa shape index (κ3) is 5.75. The third-order valence-electron chi connectivity index (χ3n) is 5.44. The number of ether oxygens (including phenoxy) is 2. The number of benzene rings is 3. The average Bonchev–Trinajstić information content (AvgIpc) is 3.23. The number of carboxylic acids is 1. The van der Waals surface area contributed by atoms with E-state index in [4.69, 9.17) is 14.6 Å². The number of aliphatic imine (C=N–C) groups is 1. The number of aliphatic carboxylic acids is 1. The van der Waals surface area contributed by atoms with Crippen LogP contribution in [-0.2, 0) is 25.5 Å². The summed E-state index contributed by atoms with van der Waals surface area (Å²) in [7, 11) is 1.51. The molecule has 0 radical (unpaired) electrons. The minimum Gasteiger partial charge on any atom is -0.495 e. The number of thioether (sulfide) groups is 1. The SMILES string of the molecule is CCOC(=O)c1ccc2cc(/C(OC)=C3\SC(=Nc4ccc(CCC(=O)O)cc4)NC3=O)ccc2c1. The summed E-state index contributed by atoms with van der Waals surface area (Å²) in [6.07, 6.45) is 0.507. The Morgan fingerprint density at radius 3 is 2.31 bits per heavy atom. The number of rotatable bonds is 8. The van der Waals surface area contributed by atoms with Crippen LogP contribution in [0.5, 0.6) is 0 Å². The molecule has 3 aromatic carbocycles. The fraction of sp³-hybridized carbons (Fsp3) is 0.185. The predicted octanol–water partition coefficient (Wildman–Crippen LogP) is 4.90. The predicted molar refractivity (Wildman–Crippen MR) is 139 cm³/mol. The van der Waals surface area contributed by atoms with Gasteiger partial charge in [0.15, 0.2) is 5.17 Å². The van der Waals surface area contributed by atoms with Gasteiger partial charge in [-0.2, -0.15) is 0 Å². The lowest BCUT2D eigenvalue weighted by molar-refractivity contribution is -0.137. The molecular formula is C27H24N2O6S. The van der Waals surface area contributed by atoms with Gasteiger partial charge in [-0.25, -0.2) is 9.79 Å². The van der Waals surface area contributed by atoms with Gasteiger partial charge in [-0.05, 0) is 71.8 Å². The van der Waals surface area contributed by atoms with Crippen LogP contribution in [-0.4, -0.2) is 41.8 Å². The van der Waals surface area contributed by atoms with Crippen LogP contribution < -0.4 is 5.32 Å². The fourth-order valence-electron chi connectivity index (χ4n) is 3.70. The van der Waals surface area contributed by atoms with E-state index in [0.717, 1.165) is 21.9 Å². The third-order valence-corrected chi connectivity index (χ3v) is 6.41. The number of carboxylic acid groups (broad SMARTS) is 1. The topological polar surface area (TPSA) is 114 Å². The van der Waals surface area contributed by atoms with Crippen molar-refractivity contribution in [1.82, 2.24) is 5.32 Å². The lowest BCUT2D eigenvalue weighted by Gasteiger charge is -2.10. The normalized spacial score (nSPS) is 15.6. The summed E-state index contributed by atoms with van der Waals surface area (Å²) >= 11 is 1.18. The van der Waals surface area contributed by atoms with Crippen molar-refractivity contribution in [2.24, 2.45) is 4.99 Å². The molecule has 8 nitrogen and oxygen atoms in total. The number of carbonyl (C=O) groups excluding carboxylic acids is 2. The van der Waals surface area contributed by atoms with Crippen LogP contribution in [0.15, 0.2) is 70.6 Å². The van der Waals surface area contributed by atoms with Crippen LogP contribution >= 0.6 is 11.8 Å². The van der Waals surface area contributed by atoms with E-state index in [9.17, 15) is 14.4 Å². The molecule has 0 spiro atoms. The fourth-order valence-corrected chi connectivity index (χ4v) is 4.62. The number of methoxy groups -OCH3 is 1. The second kappa shape index (κ2) is 11.1. The van der Waals surface area contributed by atoms with Gasteiger partial charge in [-0.1, -0.05) is 30.3 Å². The number of carbonyl (C=O) groups is 3. The Balaban J connectivity index is 1.57. The maximum Gasteiger partial charge on any atom is 0.338 e. The van der Waals surface area contributed by atoms with E-state index in [2.05, 4.69) is 10.3 Å². The molecule has 3 aromatic rings. The molecule has 2 N–H and O–H groups in total.